The first-order valence-corrected chi connectivity index (χ1v) is 12.9. The van der Waals surface area contributed by atoms with Crippen molar-refractivity contribution in [1.29, 1.82) is 0 Å². The highest BCUT2D eigenvalue weighted by Gasteiger charge is 2.43. The van der Waals surface area contributed by atoms with Crippen LogP contribution in [0.5, 0.6) is 0 Å². The highest BCUT2D eigenvalue weighted by Crippen LogP contribution is 2.37. The molecule has 1 aromatic carbocycles. The summed E-state index contributed by atoms with van der Waals surface area (Å²) in [6.45, 7) is 9.61. The maximum atomic E-state index is 13.2. The van der Waals surface area contributed by atoms with E-state index in [1.54, 1.807) is 42.8 Å². The molecular weight excluding hydrogens is 480 g/mol. The Labute approximate surface area is 220 Å². The topological polar surface area (TPSA) is 104 Å². The van der Waals surface area contributed by atoms with Crippen molar-refractivity contribution in [1.82, 2.24) is 29.2 Å². The molecule has 38 heavy (non-hydrogen) atoms. The second-order valence-electron chi connectivity index (χ2n) is 10.7. The summed E-state index contributed by atoms with van der Waals surface area (Å²) in [5.74, 6) is 0.842. The van der Waals surface area contributed by atoms with Crippen LogP contribution in [0.1, 0.15) is 26.0 Å². The first-order valence-electron chi connectivity index (χ1n) is 12.9. The molecule has 196 valence electrons. The summed E-state index contributed by atoms with van der Waals surface area (Å²) >= 11 is 0. The van der Waals surface area contributed by atoms with Crippen LogP contribution >= 0.6 is 0 Å². The van der Waals surface area contributed by atoms with E-state index < -0.39 is 5.60 Å². The summed E-state index contributed by atoms with van der Waals surface area (Å²) in [6.07, 6.45) is 4.45. The number of likely N-dealkylation sites (N-methyl/N-ethyl adjacent to an activating group) is 1. The van der Waals surface area contributed by atoms with E-state index in [4.69, 9.17) is 4.98 Å². The SMILES string of the molecule is C=CCn1c(=O)c2cnc(Nc3ccc(N4[C@@H]5C[C@H]4CN(C)C5)cc3)nc2n1-c1cccc(C(C)(C)O)n1. The quantitative estimate of drug-likeness (QED) is 0.364. The van der Waals surface area contributed by atoms with Crippen LogP contribution in [0.3, 0.4) is 0 Å². The van der Waals surface area contributed by atoms with Gasteiger partial charge in [-0.15, -0.1) is 6.58 Å². The number of nitrogens with one attached hydrogen (secondary N) is 1. The van der Waals surface area contributed by atoms with Crippen molar-refractivity contribution < 1.29 is 5.11 Å². The third-order valence-corrected chi connectivity index (χ3v) is 7.35. The summed E-state index contributed by atoms with van der Waals surface area (Å²) in [6, 6.07) is 14.8. The van der Waals surface area contributed by atoms with Crippen molar-refractivity contribution in [3.63, 3.8) is 0 Å². The maximum Gasteiger partial charge on any atom is 0.278 e. The molecule has 4 aromatic rings. The van der Waals surface area contributed by atoms with Crippen LogP contribution in [-0.4, -0.2) is 66.5 Å². The first-order chi connectivity index (χ1) is 18.2. The number of aromatic nitrogens is 5. The third-order valence-electron chi connectivity index (χ3n) is 7.35. The average Bonchev–Trinajstić information content (AvgIpc) is 3.15. The van der Waals surface area contributed by atoms with Gasteiger partial charge < -0.3 is 20.2 Å². The van der Waals surface area contributed by atoms with Gasteiger partial charge in [-0.1, -0.05) is 12.1 Å². The number of nitrogens with zero attached hydrogens (tertiary/aromatic N) is 7. The molecule has 2 aliphatic heterocycles. The van der Waals surface area contributed by atoms with E-state index in [9.17, 15) is 9.90 Å². The normalized spacial score (nSPS) is 19.4. The number of likely N-dealkylation sites (tertiary alicyclic amines) is 1. The minimum Gasteiger partial charge on any atom is -0.384 e. The number of pyridine rings is 1. The number of aliphatic hydroxyl groups is 1. The summed E-state index contributed by atoms with van der Waals surface area (Å²) in [5.41, 5.74) is 1.62. The lowest BCUT2D eigenvalue weighted by Crippen LogP contribution is -2.68. The Morgan fingerprint density at radius 2 is 1.87 bits per heavy atom. The number of piperidine rings is 1. The molecule has 3 aromatic heterocycles. The number of hydrogen-bond donors (Lipinski definition) is 2. The van der Waals surface area contributed by atoms with E-state index in [0.29, 0.717) is 40.6 Å². The largest absolute Gasteiger partial charge is 0.384 e. The van der Waals surface area contributed by atoms with E-state index in [-0.39, 0.29) is 12.1 Å². The molecule has 10 nitrogen and oxygen atoms in total. The van der Waals surface area contributed by atoms with Crippen LogP contribution in [-0.2, 0) is 12.1 Å². The minimum atomic E-state index is -1.14. The van der Waals surface area contributed by atoms with Gasteiger partial charge in [0.05, 0.1) is 12.2 Å². The van der Waals surface area contributed by atoms with Gasteiger partial charge in [0.25, 0.3) is 5.56 Å². The Morgan fingerprint density at radius 3 is 2.55 bits per heavy atom. The smallest absolute Gasteiger partial charge is 0.278 e. The van der Waals surface area contributed by atoms with Crippen molar-refractivity contribution in [2.45, 2.75) is 44.5 Å². The number of rotatable bonds is 7. The highest BCUT2D eigenvalue weighted by atomic mass is 16.3. The molecule has 2 N–H and O–H groups in total. The summed E-state index contributed by atoms with van der Waals surface area (Å²) in [7, 11) is 2.19. The number of benzene rings is 1. The van der Waals surface area contributed by atoms with Crippen LogP contribution in [0, 0.1) is 0 Å². The van der Waals surface area contributed by atoms with E-state index >= 15 is 0 Å². The molecule has 2 fully saturated rings. The minimum absolute atomic E-state index is 0.239. The van der Waals surface area contributed by atoms with Crippen LogP contribution in [0.4, 0.5) is 17.3 Å². The van der Waals surface area contributed by atoms with Crippen molar-refractivity contribution >= 4 is 28.4 Å². The lowest BCUT2D eigenvalue weighted by atomic mass is 9.87. The van der Waals surface area contributed by atoms with Gasteiger partial charge in [-0.2, -0.15) is 4.98 Å². The molecule has 5 heterocycles. The highest BCUT2D eigenvalue weighted by molar-refractivity contribution is 5.77. The number of fused-ring (bicyclic) bond motifs is 3. The zero-order valence-electron chi connectivity index (χ0n) is 21.9. The number of allylic oxidation sites excluding steroid dienone is 1. The fourth-order valence-electron chi connectivity index (χ4n) is 5.58. The number of hydrogen-bond acceptors (Lipinski definition) is 8. The summed E-state index contributed by atoms with van der Waals surface area (Å²) in [4.78, 5) is 31.9. The van der Waals surface area contributed by atoms with E-state index in [0.717, 1.165) is 18.8 Å². The maximum absolute atomic E-state index is 13.2. The van der Waals surface area contributed by atoms with E-state index in [1.807, 2.05) is 12.1 Å². The Bertz CT molecular complexity index is 1550. The predicted molar refractivity (Wildman–Crippen MR) is 148 cm³/mol. The third kappa shape index (κ3) is 4.15. The second kappa shape index (κ2) is 9.07. The lowest BCUT2D eigenvalue weighted by Gasteiger charge is -2.57. The van der Waals surface area contributed by atoms with Crippen molar-refractivity contribution in [2.24, 2.45) is 0 Å². The van der Waals surface area contributed by atoms with Gasteiger partial charge in [-0.05, 0) is 63.7 Å². The molecule has 2 saturated heterocycles. The van der Waals surface area contributed by atoms with Gasteiger partial charge in [0.1, 0.15) is 11.0 Å². The molecule has 0 aliphatic carbocycles. The fraction of sp³-hybridized carbons (Fsp3) is 0.357. The fourth-order valence-corrected chi connectivity index (χ4v) is 5.58. The zero-order chi connectivity index (χ0) is 26.6. The Hall–Kier alpha value is -4.02. The second-order valence-corrected chi connectivity index (χ2v) is 10.7. The molecule has 10 heteroatoms. The molecular formula is C28H32N8O2. The standard InChI is InChI=1S/C28H32N8O2/c1-5-13-34-26(37)22-15-29-27(32-25(22)36(34)24-8-6-7-23(31-24)28(2,3)38)30-18-9-11-19(12-10-18)35-20-14-21(35)17-33(4)16-20/h5-12,15,20-21,38H,1,13-14,16-17H2,2-4H3,(H,29,30,32)/t20-,21+. The summed E-state index contributed by atoms with van der Waals surface area (Å²) < 4.78 is 3.17. The van der Waals surface area contributed by atoms with E-state index in [1.165, 1.54) is 23.0 Å². The molecule has 0 radical (unpaired) electrons. The predicted octanol–water partition coefficient (Wildman–Crippen LogP) is 3.03. The Balaban J connectivity index is 1.34. The van der Waals surface area contributed by atoms with Gasteiger partial charge in [-0.3, -0.25) is 4.79 Å². The van der Waals surface area contributed by atoms with Gasteiger partial charge >= 0.3 is 0 Å². The molecule has 2 atom stereocenters. The van der Waals surface area contributed by atoms with Gasteiger partial charge in [0.15, 0.2) is 11.5 Å². The first kappa shape index (κ1) is 24.3. The number of anilines is 3. The van der Waals surface area contributed by atoms with Crippen molar-refractivity contribution in [3.05, 3.63) is 77.4 Å². The molecule has 2 aliphatic rings. The van der Waals surface area contributed by atoms with Gasteiger partial charge in [0, 0.05) is 42.7 Å². The Morgan fingerprint density at radius 1 is 1.13 bits per heavy atom. The van der Waals surface area contributed by atoms with Crippen molar-refractivity contribution in [2.75, 3.05) is 30.4 Å². The van der Waals surface area contributed by atoms with Crippen LogP contribution in [0.25, 0.3) is 16.9 Å². The molecule has 2 bridgehead atoms. The molecule has 0 saturated carbocycles. The summed E-state index contributed by atoms with van der Waals surface area (Å²) in [5, 5.41) is 14.1. The van der Waals surface area contributed by atoms with Gasteiger partial charge in [0.2, 0.25) is 5.95 Å². The molecule has 0 spiro atoms. The zero-order valence-corrected chi connectivity index (χ0v) is 21.9. The van der Waals surface area contributed by atoms with E-state index in [2.05, 4.69) is 50.8 Å². The van der Waals surface area contributed by atoms with Gasteiger partial charge in [-0.25, -0.2) is 19.3 Å². The van der Waals surface area contributed by atoms with Crippen LogP contribution in [0.15, 0.2) is 66.1 Å². The lowest BCUT2D eigenvalue weighted by molar-refractivity contribution is 0.0738. The van der Waals surface area contributed by atoms with Crippen molar-refractivity contribution in [3.8, 4) is 5.82 Å². The molecule has 6 rings (SSSR count). The Kier molecular flexibility index (Phi) is 5.81. The van der Waals surface area contributed by atoms with Crippen LogP contribution < -0.4 is 15.8 Å². The monoisotopic (exact) mass is 512 g/mol. The number of piperazine rings is 1. The average molecular weight is 513 g/mol. The molecule has 0 unspecified atom stereocenters. The molecule has 0 amide bonds. The van der Waals surface area contributed by atoms with Crippen LogP contribution in [0.2, 0.25) is 0 Å².